The third-order valence-electron chi connectivity index (χ3n) is 5.90. The van der Waals surface area contributed by atoms with Crippen molar-refractivity contribution >= 4 is 0 Å². The minimum Gasteiger partial charge on any atom is -0.326 e. The molecule has 0 radical (unpaired) electrons. The molecule has 2 heteroatoms. The van der Waals surface area contributed by atoms with Crippen LogP contribution in [-0.2, 0) is 0 Å². The molecule has 0 amide bonds. The largest absolute Gasteiger partial charge is 0.326 e. The van der Waals surface area contributed by atoms with Gasteiger partial charge in [-0.3, -0.25) is 4.90 Å². The molecule has 2 atom stereocenters. The normalized spacial score (nSPS) is 39.2. The third-order valence-corrected chi connectivity index (χ3v) is 5.90. The van der Waals surface area contributed by atoms with Crippen LogP contribution < -0.4 is 5.73 Å². The van der Waals surface area contributed by atoms with E-state index < -0.39 is 0 Å². The average molecular weight is 236 g/mol. The first kappa shape index (κ1) is 12.0. The van der Waals surface area contributed by atoms with Crippen LogP contribution in [0.5, 0.6) is 0 Å². The van der Waals surface area contributed by atoms with Gasteiger partial charge in [-0.05, 0) is 49.9 Å². The van der Waals surface area contributed by atoms with Crippen molar-refractivity contribution in [2.75, 3.05) is 13.1 Å². The Morgan fingerprint density at radius 1 is 1.00 bits per heavy atom. The molecule has 0 aromatic carbocycles. The fourth-order valence-corrected chi connectivity index (χ4v) is 4.53. The van der Waals surface area contributed by atoms with E-state index in [9.17, 15) is 0 Å². The summed E-state index contributed by atoms with van der Waals surface area (Å²) in [6.45, 7) is 4.71. The van der Waals surface area contributed by atoms with Crippen LogP contribution in [0.3, 0.4) is 0 Å². The summed E-state index contributed by atoms with van der Waals surface area (Å²) < 4.78 is 0. The van der Waals surface area contributed by atoms with Gasteiger partial charge in [-0.1, -0.05) is 19.8 Å². The highest BCUT2D eigenvalue weighted by Crippen LogP contribution is 2.49. The Morgan fingerprint density at radius 3 is 2.18 bits per heavy atom. The number of hydrogen-bond donors (Lipinski definition) is 1. The highest BCUT2D eigenvalue weighted by Gasteiger charge is 2.40. The summed E-state index contributed by atoms with van der Waals surface area (Å²) in [4.78, 5) is 2.69. The molecule has 2 aliphatic carbocycles. The summed E-state index contributed by atoms with van der Waals surface area (Å²) in [5.74, 6) is 0.706. The molecule has 2 saturated carbocycles. The van der Waals surface area contributed by atoms with Crippen LogP contribution in [0.1, 0.15) is 58.3 Å². The van der Waals surface area contributed by atoms with Crippen LogP contribution in [0.4, 0.5) is 0 Å². The predicted molar refractivity (Wildman–Crippen MR) is 71.9 cm³/mol. The number of nitrogens with zero attached hydrogens (tertiary/aromatic N) is 1. The first-order valence-electron chi connectivity index (χ1n) is 7.68. The lowest BCUT2D eigenvalue weighted by Gasteiger charge is -2.40. The first-order valence-corrected chi connectivity index (χ1v) is 7.68. The number of hydrogen-bond acceptors (Lipinski definition) is 2. The Morgan fingerprint density at radius 2 is 1.65 bits per heavy atom. The molecule has 3 rings (SSSR count). The van der Waals surface area contributed by atoms with Gasteiger partial charge in [0.25, 0.3) is 0 Å². The van der Waals surface area contributed by atoms with Gasteiger partial charge in [0.1, 0.15) is 0 Å². The van der Waals surface area contributed by atoms with Crippen molar-refractivity contribution in [1.29, 1.82) is 0 Å². The van der Waals surface area contributed by atoms with Crippen LogP contribution in [0.25, 0.3) is 0 Å². The van der Waals surface area contributed by atoms with Crippen LogP contribution in [-0.4, -0.2) is 30.1 Å². The molecule has 2 nitrogen and oxygen atoms in total. The Balaban J connectivity index is 1.55. The maximum absolute atomic E-state index is 6.15. The van der Waals surface area contributed by atoms with E-state index in [4.69, 9.17) is 5.73 Å². The molecule has 0 aromatic rings. The summed E-state index contributed by atoms with van der Waals surface area (Å²) in [5.41, 5.74) is 6.93. The predicted octanol–water partition coefficient (Wildman–Crippen LogP) is 2.77. The van der Waals surface area contributed by atoms with Crippen LogP contribution in [0.15, 0.2) is 0 Å². The minimum absolute atomic E-state index is 0.428. The zero-order chi connectivity index (χ0) is 11.9. The molecule has 98 valence electrons. The topological polar surface area (TPSA) is 29.3 Å². The van der Waals surface area contributed by atoms with Gasteiger partial charge in [-0.15, -0.1) is 0 Å². The fourth-order valence-electron chi connectivity index (χ4n) is 4.53. The van der Waals surface area contributed by atoms with E-state index in [2.05, 4.69) is 11.8 Å². The molecular formula is C15H28N2. The molecular weight excluding hydrogens is 208 g/mol. The molecule has 1 spiro atoms. The third kappa shape index (κ3) is 2.26. The monoisotopic (exact) mass is 236 g/mol. The summed E-state index contributed by atoms with van der Waals surface area (Å²) in [5, 5.41) is 0. The second-order valence-electron chi connectivity index (χ2n) is 7.03. The lowest BCUT2D eigenvalue weighted by atomic mass is 9.71. The van der Waals surface area contributed by atoms with E-state index in [1.807, 2.05) is 0 Å². The molecule has 1 aliphatic heterocycles. The van der Waals surface area contributed by atoms with Crippen LogP contribution in [0.2, 0.25) is 0 Å². The van der Waals surface area contributed by atoms with Crippen molar-refractivity contribution in [3.05, 3.63) is 0 Å². The maximum Gasteiger partial charge on any atom is 0.0206 e. The van der Waals surface area contributed by atoms with Gasteiger partial charge < -0.3 is 5.73 Å². The molecule has 3 fully saturated rings. The van der Waals surface area contributed by atoms with Crippen molar-refractivity contribution < 1.29 is 0 Å². The van der Waals surface area contributed by atoms with Gasteiger partial charge in [0.15, 0.2) is 0 Å². The van der Waals surface area contributed by atoms with E-state index >= 15 is 0 Å². The zero-order valence-electron chi connectivity index (χ0n) is 11.3. The summed E-state index contributed by atoms with van der Waals surface area (Å²) in [6.07, 6.45) is 11.9. The Labute approximate surface area is 106 Å². The first-order chi connectivity index (χ1) is 8.19. The second-order valence-corrected chi connectivity index (χ2v) is 7.03. The zero-order valence-corrected chi connectivity index (χ0v) is 11.3. The van der Waals surface area contributed by atoms with Gasteiger partial charge in [-0.25, -0.2) is 0 Å². The summed E-state index contributed by atoms with van der Waals surface area (Å²) >= 11 is 0. The number of rotatable bonds is 1. The minimum atomic E-state index is 0.428. The molecule has 1 heterocycles. The van der Waals surface area contributed by atoms with E-state index in [1.165, 1.54) is 57.9 Å². The van der Waals surface area contributed by atoms with Crippen molar-refractivity contribution in [2.24, 2.45) is 17.1 Å². The molecule has 3 aliphatic rings. The van der Waals surface area contributed by atoms with Crippen molar-refractivity contribution in [2.45, 2.75) is 70.4 Å². The van der Waals surface area contributed by atoms with Crippen molar-refractivity contribution in [3.8, 4) is 0 Å². The number of nitrogens with two attached hydrogens (primary N) is 1. The molecule has 2 N–H and O–H groups in total. The number of likely N-dealkylation sites (tertiary alicyclic amines) is 1. The van der Waals surface area contributed by atoms with Crippen LogP contribution >= 0.6 is 0 Å². The standard InChI is InChI=1S/C15H28N2/c1-12-10-17(11-14(12)16)13-4-8-15(9-5-13)6-2-3-7-15/h12-14H,2-11,16H2,1H3. The second kappa shape index (κ2) is 4.55. The Kier molecular flexibility index (Phi) is 3.20. The molecule has 17 heavy (non-hydrogen) atoms. The summed E-state index contributed by atoms with van der Waals surface area (Å²) in [6, 6.07) is 1.29. The Bertz CT molecular complexity index is 250. The SMILES string of the molecule is CC1CN(C2CCC3(CCCC3)CC2)CC1N. The Hall–Kier alpha value is -0.0800. The van der Waals surface area contributed by atoms with Gasteiger partial charge in [0.05, 0.1) is 0 Å². The van der Waals surface area contributed by atoms with E-state index in [0.29, 0.717) is 12.0 Å². The van der Waals surface area contributed by atoms with Crippen molar-refractivity contribution in [3.63, 3.8) is 0 Å². The highest BCUT2D eigenvalue weighted by molar-refractivity contribution is 4.95. The smallest absolute Gasteiger partial charge is 0.0206 e. The van der Waals surface area contributed by atoms with Crippen LogP contribution in [0, 0.1) is 11.3 Å². The molecule has 0 bridgehead atoms. The fraction of sp³-hybridized carbons (Fsp3) is 1.00. The quantitative estimate of drug-likeness (QED) is 0.758. The average Bonchev–Trinajstić information content (AvgIpc) is 2.90. The molecule has 2 unspecified atom stereocenters. The molecule has 0 aromatic heterocycles. The molecule has 1 saturated heterocycles. The van der Waals surface area contributed by atoms with E-state index in [0.717, 1.165) is 18.0 Å². The van der Waals surface area contributed by atoms with Gasteiger partial charge >= 0.3 is 0 Å². The van der Waals surface area contributed by atoms with Crippen molar-refractivity contribution in [1.82, 2.24) is 4.90 Å². The van der Waals surface area contributed by atoms with E-state index in [-0.39, 0.29) is 0 Å². The van der Waals surface area contributed by atoms with Gasteiger partial charge in [0, 0.05) is 25.2 Å². The summed E-state index contributed by atoms with van der Waals surface area (Å²) in [7, 11) is 0. The lowest BCUT2D eigenvalue weighted by molar-refractivity contribution is 0.104. The van der Waals surface area contributed by atoms with E-state index in [1.54, 1.807) is 0 Å². The highest BCUT2D eigenvalue weighted by atomic mass is 15.2. The maximum atomic E-state index is 6.15. The lowest BCUT2D eigenvalue weighted by Crippen LogP contribution is -2.40. The van der Waals surface area contributed by atoms with Gasteiger partial charge in [-0.2, -0.15) is 0 Å². The van der Waals surface area contributed by atoms with Gasteiger partial charge in [0.2, 0.25) is 0 Å².